The number of hydrogen-bond acceptors (Lipinski definition) is 3. The molecule has 16 heavy (non-hydrogen) atoms. The number of hydrogen-bond donors (Lipinski definition) is 2. The quantitative estimate of drug-likeness (QED) is 0.818. The first-order valence-corrected chi connectivity index (χ1v) is 4.98. The van der Waals surface area contributed by atoms with Crippen LogP contribution in [0.2, 0.25) is 0 Å². The van der Waals surface area contributed by atoms with Gasteiger partial charge < -0.3 is 10.8 Å². The molecule has 1 unspecified atom stereocenters. The van der Waals surface area contributed by atoms with Gasteiger partial charge >= 0.3 is 5.97 Å². The molecule has 0 spiro atoms. The van der Waals surface area contributed by atoms with E-state index in [1.807, 2.05) is 24.3 Å². The number of carboxylic acid groups (broad SMARTS) is 1. The molecule has 1 aromatic carbocycles. The van der Waals surface area contributed by atoms with Crippen LogP contribution in [0.15, 0.2) is 36.7 Å². The molecule has 0 bridgehead atoms. The van der Waals surface area contributed by atoms with E-state index in [0.29, 0.717) is 0 Å². The minimum atomic E-state index is -0.890. The highest BCUT2D eigenvalue weighted by molar-refractivity contribution is 5.82. The smallest absolute Gasteiger partial charge is 0.305 e. The third-order valence-corrected chi connectivity index (χ3v) is 2.49. The molecule has 4 nitrogen and oxygen atoms in total. The first-order chi connectivity index (χ1) is 7.66. The van der Waals surface area contributed by atoms with E-state index in [4.69, 9.17) is 10.8 Å². The van der Waals surface area contributed by atoms with Gasteiger partial charge in [0, 0.05) is 23.8 Å². The maximum Gasteiger partial charge on any atom is 0.305 e. The number of carboxylic acids is 1. The first kappa shape index (κ1) is 10.6. The van der Waals surface area contributed by atoms with Crippen molar-refractivity contribution in [1.29, 1.82) is 0 Å². The fourth-order valence-corrected chi connectivity index (χ4v) is 1.64. The maximum atomic E-state index is 10.6. The lowest BCUT2D eigenvalue weighted by Gasteiger charge is -2.09. The molecule has 1 heterocycles. The lowest BCUT2D eigenvalue weighted by molar-refractivity contribution is -0.137. The van der Waals surface area contributed by atoms with Crippen molar-refractivity contribution in [3.05, 3.63) is 42.2 Å². The summed E-state index contributed by atoms with van der Waals surface area (Å²) in [5.41, 5.74) is 6.61. The highest BCUT2D eigenvalue weighted by Crippen LogP contribution is 2.20. The zero-order chi connectivity index (χ0) is 11.5. The average Bonchev–Trinajstić information content (AvgIpc) is 2.27. The van der Waals surface area contributed by atoms with Gasteiger partial charge in [-0.05, 0) is 23.1 Å². The third-order valence-electron chi connectivity index (χ3n) is 2.49. The van der Waals surface area contributed by atoms with Crippen molar-refractivity contribution in [2.24, 2.45) is 5.73 Å². The minimum absolute atomic E-state index is 0.0637. The van der Waals surface area contributed by atoms with E-state index in [1.165, 1.54) is 0 Å². The van der Waals surface area contributed by atoms with E-state index in [0.717, 1.165) is 16.3 Å². The Morgan fingerprint density at radius 3 is 2.94 bits per heavy atom. The summed E-state index contributed by atoms with van der Waals surface area (Å²) in [5.74, 6) is -0.890. The van der Waals surface area contributed by atoms with E-state index in [2.05, 4.69) is 4.98 Å². The Kier molecular flexibility index (Phi) is 2.83. The number of rotatable bonds is 3. The van der Waals surface area contributed by atoms with Crippen LogP contribution >= 0.6 is 0 Å². The maximum absolute atomic E-state index is 10.6. The number of pyridine rings is 1. The molecule has 1 aromatic heterocycles. The normalized spacial score (nSPS) is 12.6. The lowest BCUT2D eigenvalue weighted by Crippen LogP contribution is -2.14. The molecule has 2 aromatic rings. The zero-order valence-electron chi connectivity index (χ0n) is 8.63. The van der Waals surface area contributed by atoms with Crippen LogP contribution in [0.3, 0.4) is 0 Å². The van der Waals surface area contributed by atoms with Crippen LogP contribution in [0.1, 0.15) is 18.0 Å². The van der Waals surface area contributed by atoms with Crippen LogP contribution in [-0.4, -0.2) is 16.1 Å². The Hall–Kier alpha value is -1.94. The van der Waals surface area contributed by atoms with Crippen LogP contribution in [0.4, 0.5) is 0 Å². The van der Waals surface area contributed by atoms with Gasteiger partial charge in [-0.1, -0.05) is 12.1 Å². The third kappa shape index (κ3) is 2.17. The van der Waals surface area contributed by atoms with Gasteiger partial charge in [0.1, 0.15) is 0 Å². The highest BCUT2D eigenvalue weighted by atomic mass is 16.4. The summed E-state index contributed by atoms with van der Waals surface area (Å²) in [6.45, 7) is 0. The van der Waals surface area contributed by atoms with Crippen molar-refractivity contribution in [3.8, 4) is 0 Å². The second kappa shape index (κ2) is 4.28. The SMILES string of the molecule is NC(CC(=O)O)c1ccc2ccncc2c1. The van der Waals surface area contributed by atoms with Gasteiger partial charge in [0.25, 0.3) is 0 Å². The number of benzene rings is 1. The van der Waals surface area contributed by atoms with E-state index in [9.17, 15) is 4.79 Å². The van der Waals surface area contributed by atoms with Crippen LogP contribution in [0, 0.1) is 0 Å². The summed E-state index contributed by atoms with van der Waals surface area (Å²) in [5, 5.41) is 10.7. The van der Waals surface area contributed by atoms with Crippen LogP contribution in [-0.2, 0) is 4.79 Å². The number of aliphatic carboxylic acids is 1. The molecule has 0 radical (unpaired) electrons. The van der Waals surface area contributed by atoms with E-state index >= 15 is 0 Å². The van der Waals surface area contributed by atoms with E-state index in [1.54, 1.807) is 12.4 Å². The summed E-state index contributed by atoms with van der Waals surface area (Å²) in [4.78, 5) is 14.6. The van der Waals surface area contributed by atoms with Gasteiger partial charge in [-0.2, -0.15) is 0 Å². The molecule has 1 atom stereocenters. The molecule has 0 saturated carbocycles. The average molecular weight is 216 g/mol. The van der Waals surface area contributed by atoms with Gasteiger partial charge in [-0.15, -0.1) is 0 Å². The van der Waals surface area contributed by atoms with Crippen molar-refractivity contribution in [3.63, 3.8) is 0 Å². The molecule has 0 amide bonds. The molecule has 0 aliphatic rings. The molecule has 4 heteroatoms. The molecule has 0 aliphatic carbocycles. The Morgan fingerprint density at radius 2 is 2.19 bits per heavy atom. The summed E-state index contributed by atoms with van der Waals surface area (Å²) in [6.07, 6.45) is 3.40. The number of nitrogens with two attached hydrogens (primary N) is 1. The largest absolute Gasteiger partial charge is 0.481 e. The first-order valence-electron chi connectivity index (χ1n) is 4.98. The second-order valence-electron chi connectivity index (χ2n) is 3.69. The van der Waals surface area contributed by atoms with E-state index < -0.39 is 12.0 Å². The Balaban J connectivity index is 2.35. The van der Waals surface area contributed by atoms with Crippen molar-refractivity contribution in [2.45, 2.75) is 12.5 Å². The number of fused-ring (bicyclic) bond motifs is 1. The van der Waals surface area contributed by atoms with Gasteiger partial charge in [0.15, 0.2) is 0 Å². The fraction of sp³-hybridized carbons (Fsp3) is 0.167. The summed E-state index contributed by atoms with van der Waals surface area (Å²) >= 11 is 0. The van der Waals surface area contributed by atoms with Crippen LogP contribution in [0.5, 0.6) is 0 Å². The molecule has 0 fully saturated rings. The molecular formula is C12H12N2O2. The molecule has 0 aliphatic heterocycles. The Bertz CT molecular complexity index is 525. The van der Waals surface area contributed by atoms with Crippen molar-refractivity contribution < 1.29 is 9.90 Å². The van der Waals surface area contributed by atoms with Gasteiger partial charge in [0.2, 0.25) is 0 Å². The van der Waals surface area contributed by atoms with Crippen molar-refractivity contribution >= 4 is 16.7 Å². The van der Waals surface area contributed by atoms with Gasteiger partial charge in [-0.25, -0.2) is 0 Å². The molecule has 2 rings (SSSR count). The van der Waals surface area contributed by atoms with Crippen LogP contribution in [0.25, 0.3) is 10.8 Å². The summed E-state index contributed by atoms with van der Waals surface area (Å²) in [7, 11) is 0. The molecule has 3 N–H and O–H groups in total. The molecule has 0 saturated heterocycles. The minimum Gasteiger partial charge on any atom is -0.481 e. The highest BCUT2D eigenvalue weighted by Gasteiger charge is 2.10. The predicted molar refractivity (Wildman–Crippen MR) is 60.9 cm³/mol. The van der Waals surface area contributed by atoms with Crippen molar-refractivity contribution in [2.75, 3.05) is 0 Å². The predicted octanol–water partition coefficient (Wildman–Crippen LogP) is 1.71. The second-order valence-corrected chi connectivity index (χ2v) is 3.69. The lowest BCUT2D eigenvalue weighted by atomic mass is 10.0. The zero-order valence-corrected chi connectivity index (χ0v) is 8.63. The van der Waals surface area contributed by atoms with Crippen LogP contribution < -0.4 is 5.73 Å². The standard InChI is InChI=1S/C12H12N2O2/c13-11(6-12(15)16)9-2-1-8-3-4-14-7-10(8)5-9/h1-5,7,11H,6,13H2,(H,15,16). The number of nitrogens with zero attached hydrogens (tertiary/aromatic N) is 1. The molecular weight excluding hydrogens is 204 g/mol. The van der Waals surface area contributed by atoms with E-state index in [-0.39, 0.29) is 6.42 Å². The Morgan fingerprint density at radius 1 is 1.38 bits per heavy atom. The summed E-state index contributed by atoms with van der Waals surface area (Å²) < 4.78 is 0. The van der Waals surface area contributed by atoms with Gasteiger partial charge in [-0.3, -0.25) is 9.78 Å². The number of carbonyl (C=O) groups is 1. The molecule has 82 valence electrons. The van der Waals surface area contributed by atoms with Crippen molar-refractivity contribution in [1.82, 2.24) is 4.98 Å². The summed E-state index contributed by atoms with van der Waals surface area (Å²) in [6, 6.07) is 7.10. The Labute approximate surface area is 92.7 Å². The number of aromatic nitrogens is 1. The van der Waals surface area contributed by atoms with Gasteiger partial charge in [0.05, 0.1) is 6.42 Å². The monoisotopic (exact) mass is 216 g/mol. The topological polar surface area (TPSA) is 76.2 Å². The fourth-order valence-electron chi connectivity index (χ4n) is 1.64.